The van der Waals surface area contributed by atoms with E-state index < -0.39 is 0 Å². The second kappa shape index (κ2) is 9.58. The number of rotatable bonds is 5. The second-order valence-electron chi connectivity index (χ2n) is 8.18. The molecule has 0 atom stereocenters. The van der Waals surface area contributed by atoms with Gasteiger partial charge in [0.1, 0.15) is 0 Å². The minimum Gasteiger partial charge on any atom is -0.395 e. The van der Waals surface area contributed by atoms with Crippen LogP contribution >= 0.6 is 0 Å². The molecule has 1 saturated heterocycles. The van der Waals surface area contributed by atoms with Crippen LogP contribution in [0, 0.1) is 6.92 Å². The first-order valence-corrected chi connectivity index (χ1v) is 11.4. The van der Waals surface area contributed by atoms with Crippen LogP contribution in [0.5, 0.6) is 0 Å². The fraction of sp³-hybridized carbons (Fsp3) is 0.417. The van der Waals surface area contributed by atoms with Crippen molar-refractivity contribution in [3.63, 3.8) is 0 Å². The summed E-state index contributed by atoms with van der Waals surface area (Å²) in [6.07, 6.45) is 5.59. The highest BCUT2D eigenvalue weighted by atomic mass is 16.3. The minimum absolute atomic E-state index is 0.171. The highest BCUT2D eigenvalue weighted by Gasteiger charge is 2.36. The summed E-state index contributed by atoms with van der Waals surface area (Å²) in [6, 6.07) is 12.7. The lowest BCUT2D eigenvalue weighted by Gasteiger charge is -2.42. The lowest BCUT2D eigenvalue weighted by molar-refractivity contribution is 0.165. The molecule has 8 nitrogen and oxygen atoms in total. The fourth-order valence-electron chi connectivity index (χ4n) is 4.37. The van der Waals surface area contributed by atoms with Gasteiger partial charge in [-0.3, -0.25) is 0 Å². The van der Waals surface area contributed by atoms with E-state index in [1.807, 2.05) is 36.8 Å². The van der Waals surface area contributed by atoms with Crippen molar-refractivity contribution in [2.24, 2.45) is 0 Å². The topological polar surface area (TPSA) is 89.8 Å². The average Bonchev–Trinajstić information content (AvgIpc) is 3.50. The zero-order valence-electron chi connectivity index (χ0n) is 19.1. The SMILES string of the molecule is CC.Cc1ccc(C2(CO)CCN(c3cccn4nc(NC5=CNNC5)nc34)CC2)cc1. The molecule has 2 aliphatic heterocycles. The van der Waals surface area contributed by atoms with Gasteiger partial charge in [0.2, 0.25) is 5.95 Å². The molecule has 0 amide bonds. The zero-order valence-corrected chi connectivity index (χ0v) is 19.1. The first-order chi connectivity index (χ1) is 15.7. The summed E-state index contributed by atoms with van der Waals surface area (Å²) < 4.78 is 1.82. The van der Waals surface area contributed by atoms with Crippen LogP contribution in [-0.2, 0) is 5.41 Å². The van der Waals surface area contributed by atoms with E-state index in [1.165, 1.54) is 11.1 Å². The van der Waals surface area contributed by atoms with Crippen LogP contribution < -0.4 is 21.1 Å². The summed E-state index contributed by atoms with van der Waals surface area (Å²) in [5.74, 6) is 0.584. The number of pyridine rings is 1. The van der Waals surface area contributed by atoms with Gasteiger partial charge in [0, 0.05) is 30.9 Å². The maximum atomic E-state index is 10.3. The number of hydrazine groups is 1. The van der Waals surface area contributed by atoms with Gasteiger partial charge in [-0.15, -0.1) is 5.10 Å². The molecule has 5 rings (SSSR count). The van der Waals surface area contributed by atoms with Gasteiger partial charge in [-0.1, -0.05) is 43.7 Å². The Kier molecular flexibility index (Phi) is 6.62. The average molecular weight is 436 g/mol. The van der Waals surface area contributed by atoms with Gasteiger partial charge in [-0.05, 0) is 37.5 Å². The first kappa shape index (κ1) is 22.1. The summed E-state index contributed by atoms with van der Waals surface area (Å²) in [7, 11) is 0. The molecule has 4 N–H and O–H groups in total. The number of benzene rings is 1. The maximum Gasteiger partial charge on any atom is 0.247 e. The Balaban J connectivity index is 0.00000119. The Morgan fingerprint density at radius 3 is 2.53 bits per heavy atom. The largest absolute Gasteiger partial charge is 0.395 e. The van der Waals surface area contributed by atoms with Crippen LogP contribution in [0.15, 0.2) is 54.5 Å². The van der Waals surface area contributed by atoms with E-state index in [0.717, 1.165) is 43.0 Å². The predicted octanol–water partition coefficient (Wildman–Crippen LogP) is 2.96. The van der Waals surface area contributed by atoms with Gasteiger partial charge in [-0.2, -0.15) is 4.98 Å². The van der Waals surface area contributed by atoms with Crippen molar-refractivity contribution in [2.75, 3.05) is 36.5 Å². The standard InChI is InChI=1S/C22H27N7O.C2H6/c1-16-4-6-17(7-5-16)22(15-30)8-11-28(12-9-22)19-3-2-10-29-20(19)26-21(27-29)25-18-13-23-24-14-18;1-2/h2-7,10,13,23-24,30H,8-9,11-12,14-15H2,1H3,(H,25,27);1-2H3. The monoisotopic (exact) mass is 435 g/mol. The fourth-order valence-corrected chi connectivity index (χ4v) is 4.37. The minimum atomic E-state index is -0.176. The lowest BCUT2D eigenvalue weighted by atomic mass is 9.73. The first-order valence-electron chi connectivity index (χ1n) is 11.4. The number of hydrogen-bond acceptors (Lipinski definition) is 7. The van der Waals surface area contributed by atoms with Crippen molar-refractivity contribution < 1.29 is 5.11 Å². The van der Waals surface area contributed by atoms with Crippen molar-refractivity contribution in [2.45, 2.75) is 39.0 Å². The van der Waals surface area contributed by atoms with Gasteiger partial charge in [0.15, 0.2) is 5.65 Å². The van der Waals surface area contributed by atoms with Gasteiger partial charge in [-0.25, -0.2) is 9.94 Å². The molecule has 0 spiro atoms. The third kappa shape index (κ3) is 4.28. The molecular weight excluding hydrogens is 402 g/mol. The van der Waals surface area contributed by atoms with Crippen molar-refractivity contribution in [1.82, 2.24) is 25.4 Å². The highest BCUT2D eigenvalue weighted by Crippen LogP contribution is 2.37. The Morgan fingerprint density at radius 2 is 1.88 bits per heavy atom. The van der Waals surface area contributed by atoms with E-state index >= 15 is 0 Å². The number of aryl methyl sites for hydroxylation is 1. The third-order valence-corrected chi connectivity index (χ3v) is 6.27. The zero-order chi connectivity index (χ0) is 22.6. The summed E-state index contributed by atoms with van der Waals surface area (Å²) in [4.78, 5) is 7.08. The predicted molar refractivity (Wildman–Crippen MR) is 129 cm³/mol. The second-order valence-corrected chi connectivity index (χ2v) is 8.18. The highest BCUT2D eigenvalue weighted by molar-refractivity contribution is 5.70. The van der Waals surface area contributed by atoms with E-state index in [-0.39, 0.29) is 12.0 Å². The summed E-state index contributed by atoms with van der Waals surface area (Å²) in [5, 5.41) is 18.1. The molecule has 0 radical (unpaired) electrons. The van der Waals surface area contributed by atoms with E-state index in [0.29, 0.717) is 12.5 Å². The Morgan fingerprint density at radius 1 is 1.12 bits per heavy atom. The molecule has 3 aromatic rings. The van der Waals surface area contributed by atoms with Crippen LogP contribution in [-0.4, -0.2) is 45.9 Å². The summed E-state index contributed by atoms with van der Waals surface area (Å²) >= 11 is 0. The van der Waals surface area contributed by atoms with Crippen LogP contribution in [0.25, 0.3) is 5.65 Å². The number of aromatic nitrogens is 3. The van der Waals surface area contributed by atoms with Crippen LogP contribution in [0.2, 0.25) is 0 Å². The number of nitrogens with zero attached hydrogens (tertiary/aromatic N) is 4. The number of hydrogen-bond donors (Lipinski definition) is 4. The van der Waals surface area contributed by atoms with Crippen molar-refractivity contribution in [3.8, 4) is 0 Å². The number of piperidine rings is 1. The molecule has 8 heteroatoms. The Labute approximate surface area is 189 Å². The van der Waals surface area contributed by atoms with Crippen LogP contribution in [0.4, 0.5) is 11.6 Å². The molecular formula is C24H33N7O. The lowest BCUT2D eigenvalue weighted by Crippen LogP contribution is -2.45. The molecule has 2 aliphatic rings. The number of aliphatic hydroxyl groups excluding tert-OH is 1. The van der Waals surface area contributed by atoms with Crippen LogP contribution in [0.3, 0.4) is 0 Å². The van der Waals surface area contributed by atoms with Gasteiger partial charge in [0.05, 0.1) is 24.5 Å². The molecule has 1 fully saturated rings. The van der Waals surface area contributed by atoms with Crippen molar-refractivity contribution in [1.29, 1.82) is 0 Å². The van der Waals surface area contributed by atoms with Gasteiger partial charge in [0.25, 0.3) is 0 Å². The molecule has 0 saturated carbocycles. The number of anilines is 2. The van der Waals surface area contributed by atoms with Gasteiger partial charge < -0.3 is 20.7 Å². The Bertz CT molecular complexity index is 1070. The molecule has 170 valence electrons. The maximum absolute atomic E-state index is 10.3. The van der Waals surface area contributed by atoms with Gasteiger partial charge >= 0.3 is 0 Å². The molecule has 32 heavy (non-hydrogen) atoms. The van der Waals surface area contributed by atoms with E-state index in [9.17, 15) is 5.11 Å². The number of nitrogens with one attached hydrogen (secondary N) is 3. The number of fused-ring (bicyclic) bond motifs is 1. The van der Waals surface area contributed by atoms with Crippen molar-refractivity contribution in [3.05, 3.63) is 65.6 Å². The van der Waals surface area contributed by atoms with E-state index in [2.05, 4.69) is 63.4 Å². The quantitative estimate of drug-likeness (QED) is 0.490. The molecule has 4 heterocycles. The molecule has 0 aliphatic carbocycles. The Hall–Kier alpha value is -3.10. The summed E-state index contributed by atoms with van der Waals surface area (Å²) in [6.45, 7) is 8.70. The van der Waals surface area contributed by atoms with E-state index in [1.54, 1.807) is 0 Å². The van der Waals surface area contributed by atoms with Crippen molar-refractivity contribution >= 4 is 17.3 Å². The molecule has 0 unspecified atom stereocenters. The number of aliphatic hydroxyl groups is 1. The molecule has 1 aromatic carbocycles. The molecule has 0 bridgehead atoms. The smallest absolute Gasteiger partial charge is 0.247 e. The summed E-state index contributed by atoms with van der Waals surface area (Å²) in [5.41, 5.74) is 11.2. The third-order valence-electron chi connectivity index (χ3n) is 6.27. The normalized spacial score (nSPS) is 17.4. The van der Waals surface area contributed by atoms with E-state index in [4.69, 9.17) is 4.98 Å². The van der Waals surface area contributed by atoms with Crippen LogP contribution in [0.1, 0.15) is 37.8 Å². The molecule has 2 aromatic heterocycles.